The Hall–Kier alpha value is -0.700. The summed E-state index contributed by atoms with van der Waals surface area (Å²) >= 11 is 1.97. The molecular formula is C12H18N2S. The van der Waals surface area contributed by atoms with Gasteiger partial charge in [-0.2, -0.15) is 11.8 Å². The van der Waals surface area contributed by atoms with Crippen LogP contribution in [-0.2, 0) is 0 Å². The van der Waals surface area contributed by atoms with Crippen molar-refractivity contribution in [3.63, 3.8) is 0 Å². The Labute approximate surface area is 95.9 Å². The molecule has 2 unspecified atom stereocenters. The van der Waals surface area contributed by atoms with E-state index >= 15 is 0 Å². The molecule has 1 fully saturated rings. The van der Waals surface area contributed by atoms with E-state index in [0.29, 0.717) is 6.04 Å². The Morgan fingerprint density at radius 3 is 2.93 bits per heavy atom. The molecule has 2 atom stereocenters. The largest absolute Gasteiger partial charge is 0.366 e. The van der Waals surface area contributed by atoms with Gasteiger partial charge < -0.3 is 5.32 Å². The molecule has 1 N–H and O–H groups in total. The van der Waals surface area contributed by atoms with Crippen LogP contribution in [0.1, 0.15) is 24.8 Å². The second kappa shape index (κ2) is 4.88. The quantitative estimate of drug-likeness (QED) is 0.850. The Balaban J connectivity index is 1.99. The third-order valence-corrected chi connectivity index (χ3v) is 4.17. The second-order valence-electron chi connectivity index (χ2n) is 4.18. The predicted molar refractivity (Wildman–Crippen MR) is 67.5 cm³/mol. The maximum Gasteiger partial charge on any atom is 0.126 e. The molecule has 3 heteroatoms. The highest BCUT2D eigenvalue weighted by Gasteiger charge is 2.26. The van der Waals surface area contributed by atoms with Gasteiger partial charge >= 0.3 is 0 Å². The van der Waals surface area contributed by atoms with Gasteiger partial charge in [0.05, 0.1) is 0 Å². The fraction of sp³-hybridized carbons (Fsp3) is 0.583. The molecule has 0 spiro atoms. The van der Waals surface area contributed by atoms with Crippen molar-refractivity contribution in [3.8, 4) is 0 Å². The first kappa shape index (κ1) is 10.8. The van der Waals surface area contributed by atoms with Crippen molar-refractivity contribution in [2.75, 3.05) is 11.6 Å². The zero-order valence-electron chi connectivity index (χ0n) is 9.36. The van der Waals surface area contributed by atoms with Gasteiger partial charge in [-0.3, -0.25) is 0 Å². The van der Waals surface area contributed by atoms with Gasteiger partial charge in [0, 0.05) is 17.5 Å². The van der Waals surface area contributed by atoms with Crippen LogP contribution in [0.5, 0.6) is 0 Å². The average molecular weight is 222 g/mol. The number of thioether (sulfide) groups is 1. The molecule has 0 aromatic carbocycles. The van der Waals surface area contributed by atoms with E-state index in [1.54, 1.807) is 0 Å². The monoisotopic (exact) mass is 222 g/mol. The van der Waals surface area contributed by atoms with Gasteiger partial charge in [-0.15, -0.1) is 0 Å². The zero-order valence-corrected chi connectivity index (χ0v) is 10.2. The molecule has 0 aliphatic heterocycles. The van der Waals surface area contributed by atoms with Crippen molar-refractivity contribution in [2.45, 2.75) is 37.5 Å². The summed E-state index contributed by atoms with van der Waals surface area (Å²) in [7, 11) is 0. The van der Waals surface area contributed by atoms with Crippen LogP contribution in [0.3, 0.4) is 0 Å². The molecule has 0 radical (unpaired) electrons. The van der Waals surface area contributed by atoms with Gasteiger partial charge in [0.2, 0.25) is 0 Å². The molecule has 2 rings (SSSR count). The lowest BCUT2D eigenvalue weighted by atomic mass is 10.2. The van der Waals surface area contributed by atoms with Crippen LogP contribution in [0.15, 0.2) is 18.3 Å². The Morgan fingerprint density at radius 1 is 1.40 bits per heavy atom. The Morgan fingerprint density at radius 2 is 2.27 bits per heavy atom. The van der Waals surface area contributed by atoms with E-state index in [1.165, 1.54) is 24.8 Å². The van der Waals surface area contributed by atoms with Crippen molar-refractivity contribution in [3.05, 3.63) is 23.9 Å². The summed E-state index contributed by atoms with van der Waals surface area (Å²) in [5, 5.41) is 4.29. The number of pyridine rings is 1. The highest BCUT2D eigenvalue weighted by atomic mass is 32.2. The zero-order chi connectivity index (χ0) is 10.7. The van der Waals surface area contributed by atoms with Gasteiger partial charge in [-0.25, -0.2) is 4.98 Å². The van der Waals surface area contributed by atoms with Gasteiger partial charge in [0.25, 0.3) is 0 Å². The maximum atomic E-state index is 4.39. The van der Waals surface area contributed by atoms with Crippen LogP contribution < -0.4 is 5.32 Å². The fourth-order valence-corrected chi connectivity index (χ4v) is 3.05. The van der Waals surface area contributed by atoms with Crippen LogP contribution in [0, 0.1) is 6.92 Å². The van der Waals surface area contributed by atoms with E-state index in [4.69, 9.17) is 0 Å². The van der Waals surface area contributed by atoms with E-state index in [1.807, 2.05) is 18.0 Å². The van der Waals surface area contributed by atoms with Crippen molar-refractivity contribution in [1.82, 2.24) is 4.98 Å². The summed E-state index contributed by atoms with van der Waals surface area (Å²) in [6.07, 6.45) is 8.08. The number of aromatic nitrogens is 1. The highest BCUT2D eigenvalue weighted by molar-refractivity contribution is 7.99. The van der Waals surface area contributed by atoms with Crippen molar-refractivity contribution >= 4 is 17.6 Å². The lowest BCUT2D eigenvalue weighted by Crippen LogP contribution is -2.26. The molecule has 1 aromatic heterocycles. The molecule has 1 aromatic rings. The topological polar surface area (TPSA) is 24.9 Å². The summed E-state index contributed by atoms with van der Waals surface area (Å²) < 4.78 is 0. The van der Waals surface area contributed by atoms with E-state index in [2.05, 4.69) is 35.6 Å². The normalized spacial score (nSPS) is 25.5. The number of hydrogen-bond donors (Lipinski definition) is 1. The molecule has 82 valence electrons. The molecule has 1 aliphatic carbocycles. The summed E-state index contributed by atoms with van der Waals surface area (Å²) in [6, 6.07) is 4.79. The van der Waals surface area contributed by atoms with E-state index < -0.39 is 0 Å². The van der Waals surface area contributed by atoms with E-state index in [-0.39, 0.29) is 0 Å². The van der Waals surface area contributed by atoms with Gasteiger partial charge in [-0.1, -0.05) is 12.5 Å². The van der Waals surface area contributed by atoms with E-state index in [9.17, 15) is 0 Å². The number of nitrogens with zero attached hydrogens (tertiary/aromatic N) is 1. The lowest BCUT2D eigenvalue weighted by molar-refractivity contribution is 0.763. The molecule has 1 heterocycles. The minimum absolute atomic E-state index is 0.607. The van der Waals surface area contributed by atoms with Crippen LogP contribution in [0.2, 0.25) is 0 Å². The van der Waals surface area contributed by atoms with Crippen molar-refractivity contribution < 1.29 is 0 Å². The third kappa shape index (κ3) is 2.65. The summed E-state index contributed by atoms with van der Waals surface area (Å²) in [4.78, 5) is 4.39. The average Bonchev–Trinajstić information content (AvgIpc) is 2.69. The number of hydrogen-bond acceptors (Lipinski definition) is 3. The molecule has 1 saturated carbocycles. The van der Waals surface area contributed by atoms with Crippen LogP contribution in [-0.4, -0.2) is 22.5 Å². The highest BCUT2D eigenvalue weighted by Crippen LogP contribution is 2.30. The number of rotatable bonds is 3. The van der Waals surface area contributed by atoms with Crippen molar-refractivity contribution in [1.29, 1.82) is 0 Å². The maximum absolute atomic E-state index is 4.39. The molecular weight excluding hydrogens is 204 g/mol. The fourth-order valence-electron chi connectivity index (χ4n) is 2.12. The van der Waals surface area contributed by atoms with Gasteiger partial charge in [0.15, 0.2) is 0 Å². The van der Waals surface area contributed by atoms with E-state index in [0.717, 1.165) is 11.1 Å². The van der Waals surface area contributed by atoms with Gasteiger partial charge in [0.1, 0.15) is 5.82 Å². The minimum atomic E-state index is 0.607. The van der Waals surface area contributed by atoms with Crippen LogP contribution in [0.4, 0.5) is 5.82 Å². The first-order valence-electron chi connectivity index (χ1n) is 5.51. The summed E-state index contributed by atoms with van der Waals surface area (Å²) in [6.45, 7) is 2.07. The molecule has 0 saturated heterocycles. The molecule has 2 nitrogen and oxygen atoms in total. The number of anilines is 1. The SMILES string of the molecule is CSC1CCCC1Nc1ccc(C)cn1. The Bertz CT molecular complexity index is 310. The van der Waals surface area contributed by atoms with Gasteiger partial charge in [-0.05, 0) is 37.7 Å². The smallest absolute Gasteiger partial charge is 0.126 e. The van der Waals surface area contributed by atoms with Crippen LogP contribution >= 0.6 is 11.8 Å². The first-order chi connectivity index (χ1) is 7.29. The van der Waals surface area contributed by atoms with Crippen LogP contribution in [0.25, 0.3) is 0 Å². The number of aryl methyl sites for hydroxylation is 1. The van der Waals surface area contributed by atoms with Crippen molar-refractivity contribution in [2.24, 2.45) is 0 Å². The minimum Gasteiger partial charge on any atom is -0.366 e. The molecule has 15 heavy (non-hydrogen) atoms. The molecule has 0 bridgehead atoms. The standard InChI is InChI=1S/C12H18N2S/c1-9-6-7-12(13-8-9)14-10-4-3-5-11(10)15-2/h6-8,10-11H,3-5H2,1-2H3,(H,13,14). The summed E-state index contributed by atoms with van der Waals surface area (Å²) in [5.74, 6) is 1.02. The molecule has 1 aliphatic rings. The second-order valence-corrected chi connectivity index (χ2v) is 5.25. The number of nitrogens with one attached hydrogen (secondary N) is 1. The Kier molecular flexibility index (Phi) is 3.52. The lowest BCUT2D eigenvalue weighted by Gasteiger charge is -2.19. The third-order valence-electron chi connectivity index (χ3n) is 3.00. The summed E-state index contributed by atoms with van der Waals surface area (Å²) in [5.41, 5.74) is 1.22. The first-order valence-corrected chi connectivity index (χ1v) is 6.80. The predicted octanol–water partition coefficient (Wildman–Crippen LogP) is 3.09. The molecule has 0 amide bonds.